The minimum atomic E-state index is -0.520. The number of carbonyl (C=O) groups is 3. The van der Waals surface area contributed by atoms with Gasteiger partial charge in [0.1, 0.15) is 37.8 Å². The van der Waals surface area contributed by atoms with E-state index in [1.165, 1.54) is 96.8 Å². The molecule has 8 nitrogen and oxygen atoms in total. The minimum absolute atomic E-state index is 0.104. The van der Waals surface area contributed by atoms with Gasteiger partial charge in [-0.25, -0.2) is 0 Å². The molecular formula is C44H61NO7. The number of hydrogen-bond donors (Lipinski definition) is 0. The molecule has 0 amide bonds. The van der Waals surface area contributed by atoms with Gasteiger partial charge in [0.05, 0.1) is 6.61 Å². The second-order valence-corrected chi connectivity index (χ2v) is 13.6. The van der Waals surface area contributed by atoms with Crippen LogP contribution in [0.5, 0.6) is 11.5 Å². The molecule has 3 aromatic rings. The highest BCUT2D eigenvalue weighted by Crippen LogP contribution is 2.30. The average molecular weight is 716 g/mol. The maximum Gasteiger partial charge on any atom is 0.325 e. The van der Waals surface area contributed by atoms with Crippen LogP contribution >= 0.6 is 0 Å². The summed E-state index contributed by atoms with van der Waals surface area (Å²) in [6, 6.07) is 23.8. The van der Waals surface area contributed by atoms with Gasteiger partial charge in [-0.15, -0.1) is 0 Å². The number of esters is 3. The topological polar surface area (TPSA) is 91.4 Å². The van der Waals surface area contributed by atoms with Gasteiger partial charge in [0.2, 0.25) is 0 Å². The molecule has 8 heteroatoms. The van der Waals surface area contributed by atoms with Crippen LogP contribution in [0.15, 0.2) is 78.9 Å². The Labute approximate surface area is 312 Å². The Hall–Kier alpha value is -4.33. The summed E-state index contributed by atoms with van der Waals surface area (Å²) in [6.45, 7) is 3.85. The van der Waals surface area contributed by atoms with Gasteiger partial charge >= 0.3 is 17.9 Å². The van der Waals surface area contributed by atoms with Crippen molar-refractivity contribution in [1.29, 1.82) is 0 Å². The molecule has 0 aliphatic carbocycles. The molecule has 0 N–H and O–H groups in total. The lowest BCUT2D eigenvalue weighted by atomic mass is 10.0. The molecule has 284 valence electrons. The number of anilines is 1. The molecule has 0 aliphatic heterocycles. The largest absolute Gasteiger partial charge is 0.493 e. The van der Waals surface area contributed by atoms with Crippen molar-refractivity contribution >= 4 is 23.6 Å². The summed E-state index contributed by atoms with van der Waals surface area (Å²) in [5.41, 5.74) is 2.17. The quantitative estimate of drug-likeness (QED) is 0.0417. The number of benzene rings is 3. The van der Waals surface area contributed by atoms with E-state index in [1.54, 1.807) is 23.1 Å². The lowest BCUT2D eigenvalue weighted by Gasteiger charge is -2.24. The van der Waals surface area contributed by atoms with E-state index in [4.69, 9.17) is 18.9 Å². The van der Waals surface area contributed by atoms with Crippen molar-refractivity contribution in [3.8, 4) is 11.5 Å². The van der Waals surface area contributed by atoms with E-state index in [9.17, 15) is 14.4 Å². The van der Waals surface area contributed by atoms with Crippen LogP contribution in [0.1, 0.15) is 128 Å². The Morgan fingerprint density at radius 1 is 0.538 bits per heavy atom. The van der Waals surface area contributed by atoms with Crippen molar-refractivity contribution in [3.05, 3.63) is 90.0 Å². The molecule has 0 aliphatic rings. The number of carbonyl (C=O) groups excluding carboxylic acids is 3. The van der Waals surface area contributed by atoms with Crippen LogP contribution in [0, 0.1) is 0 Å². The third-order valence-corrected chi connectivity index (χ3v) is 8.88. The molecular weight excluding hydrogens is 654 g/mol. The van der Waals surface area contributed by atoms with Crippen molar-refractivity contribution in [1.82, 2.24) is 0 Å². The second kappa shape index (κ2) is 26.4. The number of nitrogens with zero attached hydrogens (tertiary/aromatic N) is 1. The van der Waals surface area contributed by atoms with E-state index in [-0.39, 0.29) is 32.1 Å². The molecule has 3 aromatic carbocycles. The molecule has 0 saturated heterocycles. The molecule has 0 fully saturated rings. The number of rotatable bonds is 28. The SMILES string of the molecule is CCCCCCCCCCCCCCCCCCOc1cc(OC(C)=O)cc(N(CC(=O)OCc2ccccc2)CC(=O)OCc2ccccc2)c1. The molecule has 52 heavy (non-hydrogen) atoms. The van der Waals surface area contributed by atoms with E-state index in [0.29, 0.717) is 18.0 Å². The van der Waals surface area contributed by atoms with E-state index < -0.39 is 17.9 Å². The summed E-state index contributed by atoms with van der Waals surface area (Å²) in [6.07, 6.45) is 20.7. The average Bonchev–Trinajstić information content (AvgIpc) is 3.14. The Bertz CT molecular complexity index is 1360. The number of unbranched alkanes of at least 4 members (excludes halogenated alkanes) is 15. The van der Waals surface area contributed by atoms with Crippen LogP contribution in [0.2, 0.25) is 0 Å². The maximum absolute atomic E-state index is 13.0. The zero-order valence-corrected chi connectivity index (χ0v) is 31.7. The van der Waals surface area contributed by atoms with E-state index >= 15 is 0 Å². The first-order valence-corrected chi connectivity index (χ1v) is 19.5. The van der Waals surface area contributed by atoms with Gasteiger partial charge in [-0.05, 0) is 17.5 Å². The summed E-state index contributed by atoms with van der Waals surface area (Å²) >= 11 is 0. The minimum Gasteiger partial charge on any atom is -0.493 e. The normalized spacial score (nSPS) is 10.8. The van der Waals surface area contributed by atoms with Crippen LogP contribution in [-0.4, -0.2) is 37.6 Å². The first kappa shape index (κ1) is 42.1. The summed E-state index contributed by atoms with van der Waals surface area (Å²) in [7, 11) is 0. The van der Waals surface area contributed by atoms with Gasteiger partial charge in [0.15, 0.2) is 0 Å². The number of ether oxygens (including phenoxy) is 4. The van der Waals surface area contributed by atoms with Gasteiger partial charge in [-0.2, -0.15) is 0 Å². The smallest absolute Gasteiger partial charge is 0.325 e. The van der Waals surface area contributed by atoms with Crippen molar-refractivity contribution in [2.24, 2.45) is 0 Å². The molecule has 3 rings (SSSR count). The first-order valence-electron chi connectivity index (χ1n) is 19.5. The first-order chi connectivity index (χ1) is 25.4. The maximum atomic E-state index is 13.0. The van der Waals surface area contributed by atoms with Gasteiger partial charge in [-0.3, -0.25) is 14.4 Å². The van der Waals surface area contributed by atoms with E-state index in [0.717, 1.165) is 24.0 Å². The zero-order chi connectivity index (χ0) is 37.1. The molecule has 0 radical (unpaired) electrons. The molecule has 0 heterocycles. The van der Waals surface area contributed by atoms with Crippen LogP contribution in [0.4, 0.5) is 5.69 Å². The van der Waals surface area contributed by atoms with Gasteiger partial charge in [-0.1, -0.05) is 164 Å². The van der Waals surface area contributed by atoms with Crippen LogP contribution in [-0.2, 0) is 37.1 Å². The standard InChI is InChI=1S/C44H61NO7/c1-3-4-5-6-7-8-9-10-11-12-13-14-15-16-17-24-29-49-41-30-40(31-42(32-41)52-37(2)46)45(33-43(47)50-35-38-25-20-18-21-26-38)34-44(48)51-36-39-27-22-19-23-28-39/h18-23,25-28,30-32H,3-17,24,29,33-36H2,1-2H3. The molecule has 0 unspecified atom stereocenters. The van der Waals surface area contributed by atoms with Crippen molar-refractivity contribution < 1.29 is 33.3 Å². The highest BCUT2D eigenvalue weighted by molar-refractivity contribution is 5.82. The zero-order valence-electron chi connectivity index (χ0n) is 31.7. The summed E-state index contributed by atoms with van der Waals surface area (Å²) in [5, 5.41) is 0. The third kappa shape index (κ3) is 19.3. The predicted molar refractivity (Wildman–Crippen MR) is 207 cm³/mol. The van der Waals surface area contributed by atoms with Crippen molar-refractivity contribution in [2.75, 3.05) is 24.6 Å². The summed E-state index contributed by atoms with van der Waals surface area (Å²) < 4.78 is 22.6. The fourth-order valence-corrected chi connectivity index (χ4v) is 6.01. The van der Waals surface area contributed by atoms with Gasteiger partial charge < -0.3 is 23.8 Å². The van der Waals surface area contributed by atoms with Crippen molar-refractivity contribution in [2.45, 2.75) is 130 Å². The lowest BCUT2D eigenvalue weighted by Crippen LogP contribution is -2.36. The fraction of sp³-hybridized carbons (Fsp3) is 0.523. The highest BCUT2D eigenvalue weighted by atomic mass is 16.5. The highest BCUT2D eigenvalue weighted by Gasteiger charge is 2.20. The summed E-state index contributed by atoms with van der Waals surface area (Å²) in [5.74, 6) is -0.791. The number of hydrogen-bond acceptors (Lipinski definition) is 8. The second-order valence-electron chi connectivity index (χ2n) is 13.6. The lowest BCUT2D eigenvalue weighted by molar-refractivity contribution is -0.144. The van der Waals surface area contributed by atoms with Gasteiger partial charge in [0.25, 0.3) is 0 Å². The Morgan fingerprint density at radius 3 is 1.40 bits per heavy atom. The predicted octanol–water partition coefficient (Wildman–Crippen LogP) is 10.5. The van der Waals surface area contributed by atoms with Crippen LogP contribution in [0.25, 0.3) is 0 Å². The van der Waals surface area contributed by atoms with E-state index in [2.05, 4.69) is 6.92 Å². The molecule has 0 bridgehead atoms. The molecule has 0 aromatic heterocycles. The van der Waals surface area contributed by atoms with Crippen LogP contribution in [0.3, 0.4) is 0 Å². The van der Waals surface area contributed by atoms with Gasteiger partial charge in [0, 0.05) is 30.8 Å². The third-order valence-electron chi connectivity index (χ3n) is 8.88. The fourth-order valence-electron chi connectivity index (χ4n) is 6.01. The molecule has 0 spiro atoms. The van der Waals surface area contributed by atoms with E-state index in [1.807, 2.05) is 60.7 Å². The Balaban J connectivity index is 1.49. The Morgan fingerprint density at radius 2 is 0.962 bits per heavy atom. The Kier molecular flexibility index (Phi) is 21.4. The molecule has 0 atom stereocenters. The molecule has 0 saturated carbocycles. The monoisotopic (exact) mass is 715 g/mol. The summed E-state index contributed by atoms with van der Waals surface area (Å²) in [4.78, 5) is 39.5. The van der Waals surface area contributed by atoms with Crippen LogP contribution < -0.4 is 14.4 Å². The van der Waals surface area contributed by atoms with Crippen molar-refractivity contribution in [3.63, 3.8) is 0 Å².